The van der Waals surface area contributed by atoms with E-state index in [1.165, 1.54) is 17.0 Å². The monoisotopic (exact) mass is 494 g/mol. The molecular weight excluding hydrogens is 460 g/mol. The average Bonchev–Trinajstić information content (AvgIpc) is 3.28. The van der Waals surface area contributed by atoms with E-state index in [-0.39, 0.29) is 0 Å². The van der Waals surface area contributed by atoms with Crippen LogP contribution in [0.2, 0.25) is 0 Å². The zero-order chi connectivity index (χ0) is 25.2. The molecule has 1 heterocycles. The highest BCUT2D eigenvalue weighted by Gasteiger charge is 2.30. The van der Waals surface area contributed by atoms with Gasteiger partial charge < -0.3 is 10.2 Å². The molecule has 0 unspecified atom stereocenters. The van der Waals surface area contributed by atoms with Crippen LogP contribution in [0.1, 0.15) is 50.6 Å². The molecule has 1 fully saturated rings. The van der Waals surface area contributed by atoms with Crippen LogP contribution in [0.5, 0.6) is 0 Å². The summed E-state index contributed by atoms with van der Waals surface area (Å²) >= 11 is 0. The van der Waals surface area contributed by atoms with Crippen molar-refractivity contribution in [3.63, 3.8) is 0 Å². The molecule has 0 spiro atoms. The van der Waals surface area contributed by atoms with Gasteiger partial charge >= 0.3 is 0 Å². The number of allylic oxidation sites excluding steroid dienone is 1. The van der Waals surface area contributed by atoms with Crippen LogP contribution in [0.25, 0.3) is 17.5 Å². The van der Waals surface area contributed by atoms with Crippen molar-refractivity contribution in [2.75, 3.05) is 17.1 Å². The molecule has 1 aliphatic carbocycles. The van der Waals surface area contributed by atoms with Crippen molar-refractivity contribution in [1.29, 1.82) is 0 Å². The van der Waals surface area contributed by atoms with Crippen molar-refractivity contribution in [3.05, 3.63) is 71.6 Å². The topological polar surface area (TPSA) is 102 Å². The first-order valence-electron chi connectivity index (χ1n) is 12.0. The number of hydrogen-bond acceptors (Lipinski definition) is 6. The van der Waals surface area contributed by atoms with Crippen LogP contribution in [0.3, 0.4) is 0 Å². The van der Waals surface area contributed by atoms with Crippen molar-refractivity contribution in [3.8, 4) is 11.5 Å². The number of anilines is 1. The fraction of sp³-hybridized carbons (Fsp3) is 0.407. The summed E-state index contributed by atoms with van der Waals surface area (Å²) in [6, 6.07) is 15.6. The second kappa shape index (κ2) is 9.95. The average molecular weight is 495 g/mol. The summed E-state index contributed by atoms with van der Waals surface area (Å²) in [5.41, 5.74) is 8.92. The smallest absolute Gasteiger partial charge is 0.247 e. The van der Waals surface area contributed by atoms with E-state index in [4.69, 9.17) is 10.2 Å². The van der Waals surface area contributed by atoms with Gasteiger partial charge in [-0.2, -0.15) is 0 Å². The SMILES string of the molecule is CCCN(c1cc(/C=C\[C@@H]2C[C@H]2C)cc(-c2nnc([C@](C)(N)Cc3ccccc3)o2)c1)S(C)(=O)=O. The highest BCUT2D eigenvalue weighted by atomic mass is 32.2. The third kappa shape index (κ3) is 6.18. The molecule has 1 aromatic heterocycles. The van der Waals surface area contributed by atoms with Crippen LogP contribution in [0, 0.1) is 11.8 Å². The van der Waals surface area contributed by atoms with E-state index < -0.39 is 15.6 Å². The Morgan fingerprint density at radius 1 is 1.20 bits per heavy atom. The number of sulfonamides is 1. The molecule has 3 atom stereocenters. The standard InChI is InChI=1S/C27H34N4O3S/c1-5-13-31(35(4,32)33)24-16-21(11-12-22-14-19(22)2)15-23(17-24)25-29-30-26(34-25)27(3,28)18-20-9-7-6-8-10-20/h6-12,15-17,19,22H,5,13-14,18,28H2,1-4H3/b12-11-/t19-,22-,27-/m1/s1. The molecule has 4 rings (SSSR count). The predicted molar refractivity (Wildman–Crippen MR) is 140 cm³/mol. The van der Waals surface area contributed by atoms with E-state index in [0.29, 0.717) is 54.3 Å². The van der Waals surface area contributed by atoms with E-state index in [2.05, 4.69) is 23.2 Å². The molecule has 186 valence electrons. The Bertz CT molecular complexity index is 1300. The van der Waals surface area contributed by atoms with Gasteiger partial charge in [0.05, 0.1) is 17.5 Å². The van der Waals surface area contributed by atoms with Crippen LogP contribution < -0.4 is 10.0 Å². The maximum absolute atomic E-state index is 12.5. The Labute approximate surface area is 208 Å². The van der Waals surface area contributed by atoms with Gasteiger partial charge in [-0.3, -0.25) is 4.31 Å². The molecule has 2 N–H and O–H groups in total. The maximum atomic E-state index is 12.5. The summed E-state index contributed by atoms with van der Waals surface area (Å²) in [7, 11) is -3.45. The van der Waals surface area contributed by atoms with Crippen molar-refractivity contribution in [2.45, 2.75) is 45.6 Å². The first-order valence-corrected chi connectivity index (χ1v) is 13.9. The van der Waals surface area contributed by atoms with E-state index in [0.717, 1.165) is 11.1 Å². The van der Waals surface area contributed by atoms with Crippen LogP contribution in [0.15, 0.2) is 59.0 Å². The molecule has 0 aliphatic heterocycles. The fourth-order valence-electron chi connectivity index (χ4n) is 4.21. The zero-order valence-electron chi connectivity index (χ0n) is 20.8. The molecule has 3 aromatic rings. The van der Waals surface area contributed by atoms with E-state index in [1.54, 1.807) is 6.07 Å². The van der Waals surface area contributed by atoms with Crippen molar-refractivity contribution in [2.24, 2.45) is 17.6 Å². The third-order valence-electron chi connectivity index (χ3n) is 6.34. The maximum Gasteiger partial charge on any atom is 0.247 e. The molecule has 1 saturated carbocycles. The van der Waals surface area contributed by atoms with Gasteiger partial charge in [-0.1, -0.05) is 56.3 Å². The van der Waals surface area contributed by atoms with Crippen LogP contribution >= 0.6 is 0 Å². The molecular formula is C27H34N4O3S. The Morgan fingerprint density at radius 3 is 2.54 bits per heavy atom. The lowest BCUT2D eigenvalue weighted by Gasteiger charge is -2.22. The number of benzene rings is 2. The molecule has 35 heavy (non-hydrogen) atoms. The minimum Gasteiger partial charge on any atom is -0.419 e. The summed E-state index contributed by atoms with van der Waals surface area (Å²) in [4.78, 5) is 0. The second-order valence-electron chi connectivity index (χ2n) is 9.88. The van der Waals surface area contributed by atoms with Gasteiger partial charge in [0, 0.05) is 12.1 Å². The van der Waals surface area contributed by atoms with E-state index in [1.807, 2.05) is 62.4 Å². The Hall–Kier alpha value is -2.97. The molecule has 7 nitrogen and oxygen atoms in total. The normalized spacial score (nSPS) is 19.6. The minimum atomic E-state index is -3.45. The van der Waals surface area contributed by atoms with Crippen LogP contribution in [-0.2, 0) is 22.0 Å². The van der Waals surface area contributed by atoms with E-state index >= 15 is 0 Å². The number of nitrogens with two attached hydrogens (primary N) is 1. The lowest BCUT2D eigenvalue weighted by molar-refractivity contribution is 0.355. The lowest BCUT2D eigenvalue weighted by Crippen LogP contribution is -2.35. The van der Waals surface area contributed by atoms with Gasteiger partial charge in [-0.15, -0.1) is 10.2 Å². The van der Waals surface area contributed by atoms with Gasteiger partial charge in [0.2, 0.25) is 21.8 Å². The molecule has 0 bridgehead atoms. The van der Waals surface area contributed by atoms with Gasteiger partial charge in [0.25, 0.3) is 0 Å². The van der Waals surface area contributed by atoms with Crippen LogP contribution in [-0.4, -0.2) is 31.4 Å². The second-order valence-corrected chi connectivity index (χ2v) is 11.8. The number of nitrogens with zero attached hydrogens (tertiary/aromatic N) is 3. The summed E-state index contributed by atoms with van der Waals surface area (Å²) in [5, 5.41) is 8.53. The Morgan fingerprint density at radius 2 is 1.91 bits per heavy atom. The molecule has 1 aliphatic rings. The number of aromatic nitrogens is 2. The molecule has 0 radical (unpaired) electrons. The van der Waals surface area contributed by atoms with Crippen molar-refractivity contribution >= 4 is 21.8 Å². The number of hydrogen-bond donors (Lipinski definition) is 1. The summed E-state index contributed by atoms with van der Waals surface area (Å²) in [5.74, 6) is 1.90. The van der Waals surface area contributed by atoms with Gasteiger partial charge in [-0.25, -0.2) is 8.42 Å². The Kier molecular flexibility index (Phi) is 7.15. The fourth-order valence-corrected chi connectivity index (χ4v) is 5.21. The molecule has 0 saturated heterocycles. The molecule has 0 amide bonds. The third-order valence-corrected chi connectivity index (χ3v) is 7.53. The van der Waals surface area contributed by atoms with Gasteiger partial charge in [-0.05, 0) is 67.3 Å². The largest absolute Gasteiger partial charge is 0.419 e. The highest BCUT2D eigenvalue weighted by Crippen LogP contribution is 2.39. The molecule has 2 aromatic carbocycles. The highest BCUT2D eigenvalue weighted by molar-refractivity contribution is 7.92. The van der Waals surface area contributed by atoms with Gasteiger partial charge in [0.1, 0.15) is 0 Å². The summed E-state index contributed by atoms with van der Waals surface area (Å²) < 4.78 is 32.6. The van der Waals surface area contributed by atoms with Crippen molar-refractivity contribution in [1.82, 2.24) is 10.2 Å². The summed E-state index contributed by atoms with van der Waals surface area (Å²) in [6.07, 6.45) is 7.88. The lowest BCUT2D eigenvalue weighted by atomic mass is 9.94. The van der Waals surface area contributed by atoms with Crippen molar-refractivity contribution < 1.29 is 12.8 Å². The molecule has 8 heteroatoms. The predicted octanol–water partition coefficient (Wildman–Crippen LogP) is 5.00. The minimum absolute atomic E-state index is 0.311. The zero-order valence-corrected chi connectivity index (χ0v) is 21.6. The van der Waals surface area contributed by atoms with E-state index in [9.17, 15) is 8.42 Å². The first-order chi connectivity index (χ1) is 16.6. The number of rotatable bonds is 10. The van der Waals surface area contributed by atoms with Gasteiger partial charge in [0.15, 0.2) is 0 Å². The summed E-state index contributed by atoms with van der Waals surface area (Å²) in [6.45, 7) is 6.43. The Balaban J connectivity index is 1.70. The van der Waals surface area contributed by atoms with Crippen LogP contribution in [0.4, 0.5) is 5.69 Å². The quantitative estimate of drug-likeness (QED) is 0.426. The first kappa shape index (κ1) is 25.1.